The number of hydrogen-bond donors (Lipinski definition) is 0. The molecule has 0 aliphatic heterocycles. The van der Waals surface area contributed by atoms with E-state index in [1.807, 2.05) is 0 Å². The number of nitrogens with zero attached hydrogens (tertiary/aromatic N) is 2. The van der Waals surface area contributed by atoms with Crippen LogP contribution < -0.4 is 0 Å². The van der Waals surface area contributed by atoms with Crippen LogP contribution in [0.15, 0.2) is 0 Å². The van der Waals surface area contributed by atoms with Gasteiger partial charge in [0.2, 0.25) is 13.1 Å². The van der Waals surface area contributed by atoms with E-state index in [4.69, 9.17) is 5.53 Å². The van der Waals surface area contributed by atoms with Gasteiger partial charge in [0.25, 0.3) is 0 Å². The predicted molar refractivity (Wildman–Crippen MR) is 46.6 cm³/mol. The van der Waals surface area contributed by atoms with Gasteiger partial charge in [-0.15, -0.1) is 0 Å². The lowest BCUT2D eigenvalue weighted by Crippen LogP contribution is -2.26. The molecule has 0 aromatic heterocycles. The molecule has 0 heterocycles. The van der Waals surface area contributed by atoms with E-state index in [9.17, 15) is 9.59 Å². The van der Waals surface area contributed by atoms with Crippen LogP contribution in [0.4, 0.5) is 0 Å². The Labute approximate surface area is 82.3 Å². The fourth-order valence-corrected chi connectivity index (χ4v) is 0.767. The van der Waals surface area contributed by atoms with Crippen LogP contribution in [0.5, 0.6) is 0 Å². The average molecular weight is 202 g/mol. The van der Waals surface area contributed by atoms with Crippen molar-refractivity contribution in [3.63, 3.8) is 0 Å². The molecule has 0 aromatic rings. The number of esters is 2. The summed E-state index contributed by atoms with van der Waals surface area (Å²) in [5.41, 5.74) is 9.07. The van der Waals surface area contributed by atoms with Gasteiger partial charge in [-0.25, -0.2) is 9.59 Å². The Morgan fingerprint density at radius 2 is 1.43 bits per heavy atom. The maximum absolute atomic E-state index is 10.8. The molecule has 0 atom stereocenters. The second-order valence-electron chi connectivity index (χ2n) is 2.43. The van der Waals surface area contributed by atoms with Crippen molar-refractivity contribution in [1.82, 2.24) is 0 Å². The lowest BCUT2D eigenvalue weighted by Gasteiger charge is -2.05. The van der Waals surface area contributed by atoms with Crippen molar-refractivity contribution in [2.45, 2.75) is 13.8 Å². The van der Waals surface area contributed by atoms with Gasteiger partial charge in [-0.1, -0.05) is 0 Å². The van der Waals surface area contributed by atoms with E-state index in [1.165, 1.54) is 0 Å². The summed E-state index contributed by atoms with van der Waals surface area (Å²) in [4.78, 5) is 21.6. The molecule has 0 amide bonds. The number of hydrogen-bond acceptors (Lipinski definition) is 4. The van der Waals surface area contributed by atoms with Crippen LogP contribution >= 0.6 is 0 Å². The molecule has 0 saturated heterocycles. The van der Waals surface area contributed by atoms with E-state index in [1.54, 1.807) is 13.8 Å². The van der Waals surface area contributed by atoms with Crippen LogP contribution in [0.3, 0.4) is 0 Å². The highest BCUT2D eigenvalue weighted by molar-refractivity contribution is 5.72. The van der Waals surface area contributed by atoms with Crippen LogP contribution in [-0.4, -0.2) is 42.9 Å². The van der Waals surface area contributed by atoms with Crippen LogP contribution in [0.25, 0.3) is 5.53 Å². The molecular formula is C8H14N2O4. The van der Waals surface area contributed by atoms with Crippen molar-refractivity contribution in [2.75, 3.05) is 26.3 Å². The van der Waals surface area contributed by atoms with Gasteiger partial charge in [0.05, 0.1) is 13.2 Å². The van der Waals surface area contributed by atoms with E-state index < -0.39 is 11.9 Å². The molecule has 0 saturated carbocycles. The normalized spacial score (nSPS) is 9.29. The highest BCUT2D eigenvalue weighted by Crippen LogP contribution is 1.85. The third kappa shape index (κ3) is 6.10. The number of carbonyl (C=O) groups is 2. The van der Waals surface area contributed by atoms with Gasteiger partial charge in [-0.2, -0.15) is 0 Å². The monoisotopic (exact) mass is 202 g/mol. The third-order valence-electron chi connectivity index (χ3n) is 1.23. The van der Waals surface area contributed by atoms with Gasteiger partial charge in [0, 0.05) is 0 Å². The van der Waals surface area contributed by atoms with Crippen LogP contribution in [0.1, 0.15) is 13.8 Å². The summed E-state index contributed by atoms with van der Waals surface area (Å²) < 4.78 is 9.67. The summed E-state index contributed by atoms with van der Waals surface area (Å²) in [5, 5.41) is 0. The zero-order valence-corrected chi connectivity index (χ0v) is 8.36. The Hall–Kier alpha value is -1.46. The molecule has 0 aliphatic carbocycles. The highest BCUT2D eigenvalue weighted by atomic mass is 16.5. The molecule has 0 fully saturated rings. The molecule has 0 bridgehead atoms. The van der Waals surface area contributed by atoms with Crippen LogP contribution in [-0.2, 0) is 19.1 Å². The first-order valence-corrected chi connectivity index (χ1v) is 4.35. The van der Waals surface area contributed by atoms with Crippen molar-refractivity contribution in [2.24, 2.45) is 0 Å². The van der Waals surface area contributed by atoms with Gasteiger partial charge in [0.15, 0.2) is 0 Å². The lowest BCUT2D eigenvalue weighted by atomic mass is 10.5. The Bertz CT molecular complexity index is 205. The minimum absolute atomic E-state index is 0.242. The minimum atomic E-state index is -0.584. The fraction of sp³-hybridized carbons (Fsp3) is 0.750. The Balaban J connectivity index is 3.75. The predicted octanol–water partition coefficient (Wildman–Crippen LogP) is 0.147. The minimum Gasteiger partial charge on any atom is -0.506 e. The first-order valence-electron chi connectivity index (χ1n) is 4.35. The summed E-state index contributed by atoms with van der Waals surface area (Å²) in [6.45, 7) is 3.12. The van der Waals surface area contributed by atoms with Gasteiger partial charge in [-0.3, -0.25) is 0 Å². The van der Waals surface area contributed by atoms with E-state index >= 15 is 0 Å². The molecule has 0 aliphatic rings. The third-order valence-corrected chi connectivity index (χ3v) is 1.23. The molecule has 0 unspecified atom stereocenters. The maximum atomic E-state index is 10.8. The smallest absolute Gasteiger partial charge is 0.371 e. The zero-order chi connectivity index (χ0) is 11.0. The summed E-state index contributed by atoms with van der Waals surface area (Å²) in [7, 11) is 0. The molecule has 0 spiro atoms. The maximum Gasteiger partial charge on any atom is 0.371 e. The molecule has 0 aromatic carbocycles. The Morgan fingerprint density at radius 1 is 1.07 bits per heavy atom. The molecule has 0 rings (SSSR count). The summed E-state index contributed by atoms with van der Waals surface area (Å²) >= 11 is 0. The summed E-state index contributed by atoms with van der Waals surface area (Å²) in [6, 6.07) is 0. The zero-order valence-electron chi connectivity index (χ0n) is 8.36. The number of ether oxygens (including phenoxy) is 2. The standard InChI is InChI=1S/C8H14N2O4/c1-3-13-7(11)5-10(9)6-8(12)14-4-2/h3-6H2,1-2H3. The average Bonchev–Trinajstić information content (AvgIpc) is 2.03. The van der Waals surface area contributed by atoms with Crippen LogP contribution in [0.2, 0.25) is 0 Å². The quantitative estimate of drug-likeness (QED) is 0.349. The summed E-state index contributed by atoms with van der Waals surface area (Å²) in [6.07, 6.45) is 0. The Kier molecular flexibility index (Phi) is 6.26. The second kappa shape index (κ2) is 6.99. The fourth-order valence-electron chi connectivity index (χ4n) is 0.767. The van der Waals surface area contributed by atoms with Gasteiger partial charge >= 0.3 is 11.9 Å². The SMILES string of the molecule is CCOC(=O)C[N+](=[N-])CC(=O)OCC. The molecule has 14 heavy (non-hydrogen) atoms. The topological polar surface area (TPSA) is 77.9 Å². The van der Waals surface area contributed by atoms with E-state index in [2.05, 4.69) is 9.47 Å². The first kappa shape index (κ1) is 12.5. The van der Waals surface area contributed by atoms with Gasteiger partial charge in [-0.05, 0) is 13.8 Å². The van der Waals surface area contributed by atoms with Crippen molar-refractivity contribution < 1.29 is 23.8 Å². The molecule has 6 heteroatoms. The van der Waals surface area contributed by atoms with Gasteiger partial charge < -0.3 is 19.7 Å². The highest BCUT2D eigenvalue weighted by Gasteiger charge is 2.12. The second-order valence-corrected chi connectivity index (χ2v) is 2.43. The van der Waals surface area contributed by atoms with E-state index in [-0.39, 0.29) is 26.3 Å². The first-order chi connectivity index (χ1) is 6.60. The lowest BCUT2D eigenvalue weighted by molar-refractivity contribution is -0.530. The molecule has 6 nitrogen and oxygen atoms in total. The summed E-state index contributed by atoms with van der Waals surface area (Å²) in [5.74, 6) is -1.17. The molecular weight excluding hydrogens is 188 g/mol. The van der Waals surface area contributed by atoms with Crippen LogP contribution in [0, 0.1) is 0 Å². The van der Waals surface area contributed by atoms with Crippen molar-refractivity contribution in [1.29, 1.82) is 0 Å². The van der Waals surface area contributed by atoms with Crippen molar-refractivity contribution >= 4 is 11.9 Å². The van der Waals surface area contributed by atoms with E-state index in [0.29, 0.717) is 4.70 Å². The largest absolute Gasteiger partial charge is 0.506 e. The van der Waals surface area contributed by atoms with Crippen molar-refractivity contribution in [3.8, 4) is 0 Å². The molecule has 0 N–H and O–H groups in total. The van der Waals surface area contributed by atoms with Crippen molar-refractivity contribution in [3.05, 3.63) is 5.53 Å². The number of rotatable bonds is 6. The van der Waals surface area contributed by atoms with Gasteiger partial charge in [0.1, 0.15) is 0 Å². The van der Waals surface area contributed by atoms with E-state index in [0.717, 1.165) is 0 Å². The Morgan fingerprint density at radius 3 is 1.71 bits per heavy atom. The molecule has 80 valence electrons. The number of carbonyl (C=O) groups excluding carboxylic acids is 2. The molecule has 0 radical (unpaired) electrons.